The summed E-state index contributed by atoms with van der Waals surface area (Å²) < 4.78 is 1.73. The number of non-ortho nitro benzene ring substituents is 1. The molecule has 0 aliphatic rings. The molecule has 1 aromatic heterocycles. The maximum absolute atomic E-state index is 12.3. The number of amides is 2. The summed E-state index contributed by atoms with van der Waals surface area (Å²) in [5.41, 5.74) is 2.15. The monoisotopic (exact) mass is 458 g/mol. The molecule has 31 heavy (non-hydrogen) atoms. The Morgan fingerprint density at radius 3 is 2.52 bits per heavy atom. The van der Waals surface area contributed by atoms with Gasteiger partial charge in [-0.05, 0) is 37.6 Å². The zero-order valence-electron chi connectivity index (χ0n) is 17.2. The lowest BCUT2D eigenvalue weighted by Gasteiger charge is -2.17. The first-order chi connectivity index (χ1) is 14.9. The fraction of sp³-hybridized carbons (Fsp3) is 0.286. The van der Waals surface area contributed by atoms with E-state index < -0.39 is 4.92 Å². The zero-order chi connectivity index (χ0) is 22.4. The fourth-order valence-electron chi connectivity index (χ4n) is 2.96. The van der Waals surface area contributed by atoms with E-state index in [1.807, 2.05) is 26.0 Å². The molecule has 162 valence electrons. The predicted molar refractivity (Wildman–Crippen MR) is 124 cm³/mol. The van der Waals surface area contributed by atoms with Crippen molar-refractivity contribution in [1.82, 2.24) is 9.88 Å². The number of hydrogen-bond donors (Lipinski definition) is 1. The number of thiazole rings is 1. The normalized spacial score (nSPS) is 10.8. The molecule has 0 unspecified atom stereocenters. The number of nitrogens with zero attached hydrogens (tertiary/aromatic N) is 3. The molecular weight excluding hydrogens is 436 g/mol. The molecule has 0 bridgehead atoms. The Morgan fingerprint density at radius 1 is 1.16 bits per heavy atom. The van der Waals surface area contributed by atoms with Crippen LogP contribution in [0.25, 0.3) is 10.2 Å². The van der Waals surface area contributed by atoms with E-state index in [1.54, 1.807) is 23.1 Å². The Bertz CT molecular complexity index is 1090. The van der Waals surface area contributed by atoms with Gasteiger partial charge >= 0.3 is 0 Å². The Labute approximate surface area is 187 Å². The summed E-state index contributed by atoms with van der Waals surface area (Å²) in [6.45, 7) is 5.31. The summed E-state index contributed by atoms with van der Waals surface area (Å²) in [4.78, 5) is 41.1. The van der Waals surface area contributed by atoms with Crippen molar-refractivity contribution < 1.29 is 14.5 Å². The molecule has 0 aliphatic carbocycles. The minimum Gasteiger partial charge on any atom is -0.343 e. The van der Waals surface area contributed by atoms with Crippen LogP contribution in [0.5, 0.6) is 0 Å². The molecule has 3 aromatic rings. The number of nitro groups is 1. The number of carbonyl (C=O) groups is 2. The van der Waals surface area contributed by atoms with E-state index in [1.165, 1.54) is 35.2 Å². The number of nitro benzene ring substituents is 1. The molecule has 2 amide bonds. The van der Waals surface area contributed by atoms with Crippen LogP contribution in [0.15, 0.2) is 46.8 Å². The molecule has 1 heterocycles. The highest BCUT2D eigenvalue weighted by molar-refractivity contribution is 8.01. The summed E-state index contributed by atoms with van der Waals surface area (Å²) in [6.07, 6.45) is 0.118. The highest BCUT2D eigenvalue weighted by atomic mass is 32.2. The number of fused-ring (bicyclic) bond motifs is 1. The van der Waals surface area contributed by atoms with Crippen molar-refractivity contribution in [3.63, 3.8) is 0 Å². The first-order valence-electron chi connectivity index (χ1n) is 9.74. The minimum atomic E-state index is -0.472. The maximum atomic E-state index is 12.3. The Balaban J connectivity index is 1.61. The summed E-state index contributed by atoms with van der Waals surface area (Å²) >= 11 is 2.90. The molecule has 2 aromatic carbocycles. The van der Waals surface area contributed by atoms with Gasteiger partial charge in [-0.25, -0.2) is 4.98 Å². The van der Waals surface area contributed by atoms with Crippen LogP contribution in [-0.4, -0.2) is 45.5 Å². The van der Waals surface area contributed by atoms with Crippen LogP contribution in [0.2, 0.25) is 0 Å². The van der Waals surface area contributed by atoms with Crippen LogP contribution >= 0.6 is 23.1 Å². The first-order valence-corrected chi connectivity index (χ1v) is 11.5. The topological polar surface area (TPSA) is 105 Å². The number of nitrogens with one attached hydrogen (secondary N) is 1. The van der Waals surface area contributed by atoms with Gasteiger partial charge in [0.15, 0.2) is 4.34 Å². The third-order valence-electron chi connectivity index (χ3n) is 4.60. The van der Waals surface area contributed by atoms with Gasteiger partial charge in [0.05, 0.1) is 27.3 Å². The van der Waals surface area contributed by atoms with E-state index in [9.17, 15) is 19.7 Å². The van der Waals surface area contributed by atoms with Crippen molar-refractivity contribution in [2.75, 3.05) is 24.2 Å². The Morgan fingerprint density at radius 2 is 1.87 bits per heavy atom. The number of thioether (sulfide) groups is 1. The van der Waals surface area contributed by atoms with Gasteiger partial charge in [-0.1, -0.05) is 23.9 Å². The number of rotatable bonds is 9. The van der Waals surface area contributed by atoms with Crippen molar-refractivity contribution in [3.05, 3.63) is 58.1 Å². The van der Waals surface area contributed by atoms with Crippen molar-refractivity contribution >= 4 is 56.5 Å². The predicted octanol–water partition coefficient (Wildman–Crippen LogP) is 4.35. The second-order valence-electron chi connectivity index (χ2n) is 6.67. The van der Waals surface area contributed by atoms with Crippen LogP contribution in [0.3, 0.4) is 0 Å². The van der Waals surface area contributed by atoms with Crippen LogP contribution < -0.4 is 5.32 Å². The second kappa shape index (κ2) is 10.4. The number of aromatic nitrogens is 1. The highest BCUT2D eigenvalue weighted by Gasteiger charge is 2.13. The van der Waals surface area contributed by atoms with Crippen molar-refractivity contribution in [1.29, 1.82) is 0 Å². The average molecular weight is 459 g/mol. The van der Waals surface area contributed by atoms with E-state index in [-0.39, 0.29) is 23.9 Å². The smallest absolute Gasteiger partial charge is 0.269 e. The van der Waals surface area contributed by atoms with Gasteiger partial charge in [0.25, 0.3) is 5.69 Å². The SMILES string of the molecule is CCN(CC)C(=O)CSc1nc2ccc(NC(=O)Cc3ccc([N+](=O)[O-])cc3)cc2s1. The second-order valence-corrected chi connectivity index (χ2v) is 8.92. The molecule has 0 fully saturated rings. The molecule has 0 saturated heterocycles. The van der Waals surface area contributed by atoms with Gasteiger partial charge < -0.3 is 10.2 Å². The summed E-state index contributed by atoms with van der Waals surface area (Å²) in [5, 5.41) is 13.6. The van der Waals surface area contributed by atoms with Crippen LogP contribution in [-0.2, 0) is 16.0 Å². The first kappa shape index (κ1) is 22.7. The Kier molecular flexibility index (Phi) is 7.59. The number of anilines is 1. The van der Waals surface area contributed by atoms with E-state index in [0.29, 0.717) is 30.1 Å². The van der Waals surface area contributed by atoms with Crippen LogP contribution in [0.4, 0.5) is 11.4 Å². The van der Waals surface area contributed by atoms with Gasteiger partial charge in [0.1, 0.15) is 0 Å². The van der Waals surface area contributed by atoms with E-state index in [2.05, 4.69) is 10.3 Å². The Hall–Kier alpha value is -2.98. The van der Waals surface area contributed by atoms with Crippen molar-refractivity contribution in [3.8, 4) is 0 Å². The summed E-state index contributed by atoms with van der Waals surface area (Å²) in [7, 11) is 0. The summed E-state index contributed by atoms with van der Waals surface area (Å²) in [6, 6.07) is 11.4. The lowest BCUT2D eigenvalue weighted by molar-refractivity contribution is -0.384. The van der Waals surface area contributed by atoms with Crippen molar-refractivity contribution in [2.24, 2.45) is 0 Å². The molecule has 0 aliphatic heterocycles. The molecule has 0 atom stereocenters. The number of benzene rings is 2. The molecule has 8 nitrogen and oxygen atoms in total. The summed E-state index contributed by atoms with van der Waals surface area (Å²) in [5.74, 6) is 0.228. The van der Waals surface area contributed by atoms with Gasteiger partial charge in [-0.2, -0.15) is 0 Å². The number of carbonyl (C=O) groups excluding carboxylic acids is 2. The van der Waals surface area contributed by atoms with Crippen LogP contribution in [0.1, 0.15) is 19.4 Å². The lowest BCUT2D eigenvalue weighted by Crippen LogP contribution is -2.31. The molecule has 0 radical (unpaired) electrons. The maximum Gasteiger partial charge on any atom is 0.269 e. The number of hydrogen-bond acceptors (Lipinski definition) is 7. The molecule has 1 N–H and O–H groups in total. The average Bonchev–Trinajstić information content (AvgIpc) is 3.15. The third kappa shape index (κ3) is 6.02. The molecule has 0 spiro atoms. The molecule has 3 rings (SSSR count). The van der Waals surface area contributed by atoms with E-state index >= 15 is 0 Å². The largest absolute Gasteiger partial charge is 0.343 e. The fourth-order valence-corrected chi connectivity index (χ4v) is 4.97. The zero-order valence-corrected chi connectivity index (χ0v) is 18.8. The van der Waals surface area contributed by atoms with Gasteiger partial charge in [0.2, 0.25) is 11.8 Å². The molecular formula is C21H22N4O4S2. The van der Waals surface area contributed by atoms with E-state index in [0.717, 1.165) is 14.6 Å². The third-order valence-corrected chi connectivity index (χ3v) is 6.75. The van der Waals surface area contributed by atoms with Gasteiger partial charge in [0, 0.05) is 30.9 Å². The highest BCUT2D eigenvalue weighted by Crippen LogP contribution is 2.31. The van der Waals surface area contributed by atoms with Gasteiger partial charge in [-0.3, -0.25) is 19.7 Å². The lowest BCUT2D eigenvalue weighted by atomic mass is 10.1. The standard InChI is InChI=1S/C21H22N4O4S2/c1-3-24(4-2)20(27)13-30-21-23-17-10-7-15(12-18(17)31-21)22-19(26)11-14-5-8-16(9-6-14)25(28)29/h5-10,12H,3-4,11,13H2,1-2H3,(H,22,26). The minimum absolute atomic E-state index is 0.00715. The van der Waals surface area contributed by atoms with Gasteiger partial charge in [-0.15, -0.1) is 11.3 Å². The molecule has 10 heteroatoms. The molecule has 0 saturated carbocycles. The van der Waals surface area contributed by atoms with Crippen LogP contribution in [0, 0.1) is 10.1 Å². The quantitative estimate of drug-likeness (QED) is 0.290. The van der Waals surface area contributed by atoms with E-state index in [4.69, 9.17) is 0 Å². The van der Waals surface area contributed by atoms with Crippen molar-refractivity contribution in [2.45, 2.75) is 24.6 Å².